The second-order valence-electron chi connectivity index (χ2n) is 7.62. The van der Waals surface area contributed by atoms with Crippen molar-refractivity contribution in [3.63, 3.8) is 0 Å². The number of aromatic hydroxyl groups is 1. The van der Waals surface area contributed by atoms with Gasteiger partial charge in [0.25, 0.3) is 5.88 Å². The third-order valence-corrected chi connectivity index (χ3v) is 6.03. The van der Waals surface area contributed by atoms with Crippen LogP contribution in [-0.2, 0) is 4.74 Å². The molecule has 0 unspecified atom stereocenters. The van der Waals surface area contributed by atoms with Crippen LogP contribution < -0.4 is 4.74 Å². The Labute approximate surface area is 187 Å². The number of H-pyrrole nitrogens is 1. The lowest BCUT2D eigenvalue weighted by atomic mass is 9.93. The Morgan fingerprint density at radius 1 is 1.22 bits per heavy atom. The predicted octanol–water partition coefficient (Wildman–Crippen LogP) is 3.90. The van der Waals surface area contributed by atoms with Gasteiger partial charge < -0.3 is 29.2 Å². The second kappa shape index (κ2) is 7.98. The molecule has 3 N–H and O–H groups in total. The zero-order valence-electron chi connectivity index (χ0n) is 17.0. The highest BCUT2D eigenvalue weighted by Gasteiger charge is 2.28. The summed E-state index contributed by atoms with van der Waals surface area (Å²) in [7, 11) is 1.41. The molecule has 0 aliphatic carbocycles. The first-order chi connectivity index (χ1) is 15.5. The van der Waals surface area contributed by atoms with Crippen LogP contribution in [0, 0.1) is 0 Å². The molecule has 8 nitrogen and oxygen atoms in total. The Kier molecular flexibility index (Phi) is 5.13. The molecule has 5 rings (SSSR count). The molecule has 2 atom stereocenters. The first-order valence-corrected chi connectivity index (χ1v) is 10.3. The summed E-state index contributed by atoms with van der Waals surface area (Å²) >= 11 is 6.52. The molecule has 0 saturated carbocycles. The summed E-state index contributed by atoms with van der Waals surface area (Å²) in [6.07, 6.45) is -0.521. The maximum absolute atomic E-state index is 13.0. The van der Waals surface area contributed by atoms with E-state index in [1.807, 2.05) is 24.3 Å². The number of carbonyl (C=O) groups is 1. The van der Waals surface area contributed by atoms with Crippen molar-refractivity contribution in [3.8, 4) is 22.9 Å². The number of hydrogen-bond acceptors (Lipinski definition) is 7. The van der Waals surface area contributed by atoms with Gasteiger partial charge in [0.05, 0.1) is 48.6 Å². The number of benzene rings is 2. The minimum atomic E-state index is -0.539. The number of carbonyl (C=O) groups excluding carboxylic acids is 1. The number of halogens is 1. The summed E-state index contributed by atoms with van der Waals surface area (Å²) in [5.74, 6) is -0.792. The largest absolute Gasteiger partial charge is 0.494 e. The van der Waals surface area contributed by atoms with Gasteiger partial charge in [-0.15, -0.1) is 0 Å². The van der Waals surface area contributed by atoms with E-state index >= 15 is 0 Å². The van der Waals surface area contributed by atoms with Crippen molar-refractivity contribution in [1.29, 1.82) is 0 Å². The lowest BCUT2D eigenvalue weighted by Crippen LogP contribution is -2.15. The first-order valence-electron chi connectivity index (χ1n) is 9.92. The average molecular weight is 455 g/mol. The van der Waals surface area contributed by atoms with E-state index in [1.54, 1.807) is 12.1 Å². The van der Waals surface area contributed by atoms with Crippen LogP contribution in [0.2, 0.25) is 5.02 Å². The van der Waals surface area contributed by atoms with E-state index in [2.05, 4.69) is 10.1 Å². The summed E-state index contributed by atoms with van der Waals surface area (Å²) < 4.78 is 15.3. The highest BCUT2D eigenvalue weighted by atomic mass is 35.5. The lowest BCUT2D eigenvalue weighted by molar-refractivity contribution is 0.0999. The van der Waals surface area contributed by atoms with E-state index in [1.165, 1.54) is 13.2 Å². The molecule has 2 aromatic carbocycles. The fourth-order valence-corrected chi connectivity index (χ4v) is 4.28. The van der Waals surface area contributed by atoms with Gasteiger partial charge in [0.2, 0.25) is 17.4 Å². The Balaban J connectivity index is 1.55. The van der Waals surface area contributed by atoms with E-state index in [0.29, 0.717) is 34.7 Å². The molecule has 2 aromatic heterocycles. The summed E-state index contributed by atoms with van der Waals surface area (Å²) in [5, 5.41) is 25.1. The van der Waals surface area contributed by atoms with E-state index in [0.717, 1.165) is 11.1 Å². The molecule has 0 amide bonds. The number of aromatic nitrogens is 2. The molecule has 1 aliphatic rings. The molecular formula is C23H19ClN2O6. The minimum Gasteiger partial charge on any atom is -0.494 e. The van der Waals surface area contributed by atoms with Crippen LogP contribution in [0.4, 0.5) is 0 Å². The Hall–Kier alpha value is -3.33. The van der Waals surface area contributed by atoms with Crippen molar-refractivity contribution in [1.82, 2.24) is 10.1 Å². The Morgan fingerprint density at radius 2 is 2.00 bits per heavy atom. The normalized spacial score (nSPS) is 18.3. The van der Waals surface area contributed by atoms with Crippen LogP contribution >= 0.6 is 11.6 Å². The van der Waals surface area contributed by atoms with Crippen molar-refractivity contribution in [2.75, 3.05) is 20.3 Å². The van der Waals surface area contributed by atoms with Gasteiger partial charge in [0, 0.05) is 16.9 Å². The quantitative estimate of drug-likeness (QED) is 0.391. The molecular weight excluding hydrogens is 436 g/mol. The standard InChI is InChI=1S/C23H19ClN2O6/c1-30-20-8-19(32-26-20)22(28)21-14-6-13(16(24)7-17(14)25-23(21)29)11-2-4-12(5-3-11)15-9-31-10-18(15)27/h2-8,15,18,25,27,29H,9-10H2,1H3/t15-,18+/m1/s1. The molecule has 3 heterocycles. The van der Waals surface area contributed by atoms with Gasteiger partial charge in [-0.2, -0.15) is 0 Å². The lowest BCUT2D eigenvalue weighted by Gasteiger charge is -2.13. The van der Waals surface area contributed by atoms with Gasteiger partial charge in [-0.25, -0.2) is 0 Å². The molecule has 164 valence electrons. The number of aliphatic hydroxyl groups is 1. The van der Waals surface area contributed by atoms with Crippen LogP contribution in [0.5, 0.6) is 11.8 Å². The average Bonchev–Trinajstić information content (AvgIpc) is 3.51. The van der Waals surface area contributed by atoms with Crippen molar-refractivity contribution < 1.29 is 29.0 Å². The molecule has 0 radical (unpaired) electrons. The van der Waals surface area contributed by atoms with Crippen molar-refractivity contribution in [2.45, 2.75) is 12.0 Å². The topological polar surface area (TPSA) is 118 Å². The predicted molar refractivity (Wildman–Crippen MR) is 116 cm³/mol. The van der Waals surface area contributed by atoms with Crippen LogP contribution in [0.1, 0.15) is 27.6 Å². The van der Waals surface area contributed by atoms with Crippen LogP contribution in [0.25, 0.3) is 22.0 Å². The van der Waals surface area contributed by atoms with Crippen LogP contribution in [0.15, 0.2) is 47.0 Å². The number of rotatable bonds is 5. The van der Waals surface area contributed by atoms with Gasteiger partial charge in [0.1, 0.15) is 0 Å². The third kappa shape index (κ3) is 3.42. The highest BCUT2D eigenvalue weighted by molar-refractivity contribution is 6.34. The SMILES string of the molecule is COc1cc(C(=O)c2c(O)[nH]c3cc(Cl)c(-c4ccc([C@H]5COC[C@@H]5O)cc4)cc23)on1. The highest BCUT2D eigenvalue weighted by Crippen LogP contribution is 2.38. The van der Waals surface area contributed by atoms with Gasteiger partial charge in [-0.1, -0.05) is 35.9 Å². The second-order valence-corrected chi connectivity index (χ2v) is 8.03. The minimum absolute atomic E-state index is 0.0552. The number of nitrogens with one attached hydrogen (secondary N) is 1. The number of hydrogen-bond donors (Lipinski definition) is 3. The summed E-state index contributed by atoms with van der Waals surface area (Å²) in [5.41, 5.74) is 3.06. The number of nitrogens with zero attached hydrogens (tertiary/aromatic N) is 1. The molecule has 4 aromatic rings. The smallest absolute Gasteiger partial charge is 0.254 e. The van der Waals surface area contributed by atoms with E-state index in [4.69, 9.17) is 25.6 Å². The fourth-order valence-electron chi connectivity index (χ4n) is 4.01. The van der Waals surface area contributed by atoms with Gasteiger partial charge >= 0.3 is 0 Å². The number of ether oxygens (including phenoxy) is 2. The van der Waals surface area contributed by atoms with E-state index in [-0.39, 0.29) is 29.0 Å². The van der Waals surface area contributed by atoms with Crippen LogP contribution in [0.3, 0.4) is 0 Å². The monoisotopic (exact) mass is 454 g/mol. The van der Waals surface area contributed by atoms with Crippen molar-refractivity contribution in [3.05, 3.63) is 64.4 Å². The Morgan fingerprint density at radius 3 is 2.66 bits per heavy atom. The number of ketones is 1. The first kappa shape index (κ1) is 20.6. The number of methoxy groups -OCH3 is 1. The van der Waals surface area contributed by atoms with Crippen molar-refractivity contribution in [2.24, 2.45) is 0 Å². The fraction of sp³-hybridized carbons (Fsp3) is 0.217. The van der Waals surface area contributed by atoms with Crippen molar-refractivity contribution >= 4 is 28.3 Å². The molecule has 0 bridgehead atoms. The van der Waals surface area contributed by atoms with Gasteiger partial charge in [0.15, 0.2) is 0 Å². The zero-order chi connectivity index (χ0) is 22.4. The number of aromatic amines is 1. The summed E-state index contributed by atoms with van der Waals surface area (Å²) in [4.78, 5) is 15.8. The third-order valence-electron chi connectivity index (χ3n) is 5.72. The van der Waals surface area contributed by atoms with E-state index in [9.17, 15) is 15.0 Å². The molecule has 1 aliphatic heterocycles. The molecule has 1 fully saturated rings. The van der Waals surface area contributed by atoms with Gasteiger partial charge in [-0.05, 0) is 28.4 Å². The molecule has 0 spiro atoms. The van der Waals surface area contributed by atoms with E-state index < -0.39 is 11.9 Å². The number of fused-ring (bicyclic) bond motifs is 1. The summed E-state index contributed by atoms with van der Waals surface area (Å²) in [6.45, 7) is 0.813. The zero-order valence-corrected chi connectivity index (χ0v) is 17.7. The maximum atomic E-state index is 13.0. The Bertz CT molecular complexity index is 1310. The number of aliphatic hydroxyl groups excluding tert-OH is 1. The molecule has 1 saturated heterocycles. The summed E-state index contributed by atoms with van der Waals surface area (Å²) in [6, 6.07) is 12.4. The molecule has 9 heteroatoms. The molecule has 32 heavy (non-hydrogen) atoms. The maximum Gasteiger partial charge on any atom is 0.254 e. The van der Waals surface area contributed by atoms with Gasteiger partial charge in [-0.3, -0.25) is 4.79 Å². The van der Waals surface area contributed by atoms with Crippen LogP contribution in [-0.4, -0.2) is 52.6 Å².